The number of alkyl carbamates (subject to hydrolysis) is 1. The molecule has 0 saturated carbocycles. The number of hydrogen-bond donors (Lipinski definition) is 2. The average Bonchev–Trinajstić information content (AvgIpc) is 2.84. The highest BCUT2D eigenvalue weighted by atomic mass is 16.6. The molecule has 7 heteroatoms. The van der Waals surface area contributed by atoms with Gasteiger partial charge < -0.3 is 20.3 Å². The van der Waals surface area contributed by atoms with Gasteiger partial charge in [-0.15, -0.1) is 0 Å². The molecule has 3 aromatic rings. The van der Waals surface area contributed by atoms with E-state index in [0.29, 0.717) is 11.3 Å². The minimum atomic E-state index is -0.957. The third kappa shape index (κ3) is 7.62. The Hall–Kier alpha value is -3.87. The number of anilines is 1. The van der Waals surface area contributed by atoms with E-state index in [9.17, 15) is 14.4 Å². The van der Waals surface area contributed by atoms with Gasteiger partial charge in [-0.2, -0.15) is 0 Å². The fraction of sp³-hybridized carbons (Fsp3) is 0.424. The number of carbonyl (C=O) groups is 3. The molecule has 3 aromatic carbocycles. The zero-order chi connectivity index (χ0) is 29.8. The molecule has 0 aliphatic rings. The van der Waals surface area contributed by atoms with Gasteiger partial charge >= 0.3 is 6.09 Å². The lowest BCUT2D eigenvalue weighted by Crippen LogP contribution is -2.59. The molecule has 40 heavy (non-hydrogen) atoms. The summed E-state index contributed by atoms with van der Waals surface area (Å²) in [6, 6.07) is 19.4. The number of carbonyl (C=O) groups excluding carboxylic acids is 3. The first-order chi connectivity index (χ1) is 18.6. The normalized spacial score (nSPS) is 13.4. The quantitative estimate of drug-likeness (QED) is 0.334. The van der Waals surface area contributed by atoms with Crippen molar-refractivity contribution in [2.45, 2.75) is 85.5 Å². The lowest BCUT2D eigenvalue weighted by Gasteiger charge is -2.44. The molecular weight excluding hydrogens is 502 g/mol. The molecule has 0 fully saturated rings. The number of fused-ring (bicyclic) bond motifs is 1. The first kappa shape index (κ1) is 30.7. The van der Waals surface area contributed by atoms with Crippen molar-refractivity contribution in [2.75, 3.05) is 5.32 Å². The van der Waals surface area contributed by atoms with Crippen molar-refractivity contribution in [3.8, 4) is 0 Å². The second-order valence-electron chi connectivity index (χ2n) is 12.6. The fourth-order valence-corrected chi connectivity index (χ4v) is 4.71. The van der Waals surface area contributed by atoms with Crippen molar-refractivity contribution in [2.24, 2.45) is 5.92 Å². The number of amides is 3. The molecule has 0 bridgehead atoms. The van der Waals surface area contributed by atoms with Gasteiger partial charge in [0.15, 0.2) is 0 Å². The van der Waals surface area contributed by atoms with Crippen molar-refractivity contribution in [1.29, 1.82) is 0 Å². The van der Waals surface area contributed by atoms with E-state index < -0.39 is 29.3 Å². The van der Waals surface area contributed by atoms with Crippen LogP contribution in [0.25, 0.3) is 10.8 Å². The molecule has 0 spiro atoms. The van der Waals surface area contributed by atoms with Gasteiger partial charge in [0.2, 0.25) is 5.91 Å². The number of nitrogens with zero attached hydrogens (tertiary/aromatic N) is 1. The van der Waals surface area contributed by atoms with Crippen LogP contribution in [-0.4, -0.2) is 40.0 Å². The van der Waals surface area contributed by atoms with Crippen LogP contribution in [0.15, 0.2) is 66.7 Å². The third-order valence-electron chi connectivity index (χ3n) is 6.57. The van der Waals surface area contributed by atoms with Crippen LogP contribution in [-0.2, 0) is 14.3 Å². The van der Waals surface area contributed by atoms with E-state index in [1.807, 2.05) is 108 Å². The maximum absolute atomic E-state index is 14.4. The number of aryl methyl sites for hydroxylation is 1. The minimum absolute atomic E-state index is 0.258. The summed E-state index contributed by atoms with van der Waals surface area (Å²) in [6.45, 7) is 16.6. The summed E-state index contributed by atoms with van der Waals surface area (Å²) >= 11 is 0. The Labute approximate surface area is 238 Å². The molecule has 0 aliphatic carbocycles. The maximum atomic E-state index is 14.4. The zero-order valence-corrected chi connectivity index (χ0v) is 25.2. The number of nitrogens with one attached hydrogen (secondary N) is 2. The Morgan fingerprint density at radius 2 is 1.43 bits per heavy atom. The second kappa shape index (κ2) is 12.1. The minimum Gasteiger partial charge on any atom is -0.444 e. The summed E-state index contributed by atoms with van der Waals surface area (Å²) in [5.41, 5.74) is 0.735. The standard InChI is InChI=1S/C33H43N3O4/c1-21(2)27(35-31(39)40-33(7,8)9)30(38)36(32(4,5)6)28(26-17-13-10-14-22(26)3)29(37)34-25-19-18-23-15-11-12-16-24(23)20-25/h10-21,27-28H,1-9H3,(H,34,37)(H,35,39). The summed E-state index contributed by atoms with van der Waals surface area (Å²) in [6.07, 6.45) is -0.679. The van der Waals surface area contributed by atoms with Crippen LogP contribution in [0.5, 0.6) is 0 Å². The Balaban J connectivity index is 2.07. The Morgan fingerprint density at radius 1 is 0.825 bits per heavy atom. The Bertz CT molecular complexity index is 1370. The van der Waals surface area contributed by atoms with Crippen molar-refractivity contribution in [3.05, 3.63) is 77.9 Å². The summed E-state index contributed by atoms with van der Waals surface area (Å²) in [5.74, 6) is -0.964. The van der Waals surface area contributed by atoms with E-state index in [1.54, 1.807) is 25.7 Å². The smallest absolute Gasteiger partial charge is 0.408 e. The van der Waals surface area contributed by atoms with Crippen molar-refractivity contribution < 1.29 is 19.1 Å². The molecule has 214 valence electrons. The second-order valence-corrected chi connectivity index (χ2v) is 12.6. The number of rotatable bonds is 7. The SMILES string of the molecule is Cc1ccccc1C(C(=O)Nc1ccc2ccccc2c1)N(C(=O)C(NC(=O)OC(C)(C)C)C(C)C)C(C)(C)C. The van der Waals surface area contributed by atoms with Gasteiger partial charge in [0.25, 0.3) is 5.91 Å². The summed E-state index contributed by atoms with van der Waals surface area (Å²) < 4.78 is 5.46. The first-order valence-electron chi connectivity index (χ1n) is 13.8. The summed E-state index contributed by atoms with van der Waals surface area (Å²) in [4.78, 5) is 42.9. The number of ether oxygens (including phenoxy) is 1. The van der Waals surface area contributed by atoms with Gasteiger partial charge in [-0.25, -0.2) is 4.79 Å². The lowest BCUT2D eigenvalue weighted by molar-refractivity contribution is -0.147. The van der Waals surface area contributed by atoms with E-state index >= 15 is 0 Å². The van der Waals surface area contributed by atoms with E-state index in [1.165, 1.54) is 0 Å². The molecule has 0 aliphatic heterocycles. The highest BCUT2D eigenvalue weighted by Gasteiger charge is 2.43. The molecule has 0 saturated heterocycles. The zero-order valence-electron chi connectivity index (χ0n) is 25.2. The van der Waals surface area contributed by atoms with E-state index in [0.717, 1.165) is 16.3 Å². The fourth-order valence-electron chi connectivity index (χ4n) is 4.71. The Kier molecular flexibility index (Phi) is 9.28. The molecule has 2 atom stereocenters. The van der Waals surface area contributed by atoms with Crippen molar-refractivity contribution >= 4 is 34.4 Å². The third-order valence-corrected chi connectivity index (χ3v) is 6.57. The molecule has 7 nitrogen and oxygen atoms in total. The molecule has 0 aromatic heterocycles. The average molecular weight is 546 g/mol. The van der Waals surface area contributed by atoms with Gasteiger partial charge in [0.1, 0.15) is 17.7 Å². The molecule has 0 radical (unpaired) electrons. The first-order valence-corrected chi connectivity index (χ1v) is 13.8. The molecule has 2 N–H and O–H groups in total. The van der Waals surface area contributed by atoms with Gasteiger partial charge in [-0.1, -0.05) is 68.4 Å². The highest BCUT2D eigenvalue weighted by Crippen LogP contribution is 2.33. The molecule has 3 rings (SSSR count). The van der Waals surface area contributed by atoms with Crippen molar-refractivity contribution in [3.63, 3.8) is 0 Å². The van der Waals surface area contributed by atoms with E-state index in [2.05, 4.69) is 10.6 Å². The van der Waals surface area contributed by atoms with Crippen LogP contribution >= 0.6 is 0 Å². The van der Waals surface area contributed by atoms with Gasteiger partial charge in [-0.3, -0.25) is 9.59 Å². The lowest BCUT2D eigenvalue weighted by atomic mass is 9.91. The number of benzene rings is 3. The van der Waals surface area contributed by atoms with Crippen LogP contribution in [0.2, 0.25) is 0 Å². The summed E-state index contributed by atoms with van der Waals surface area (Å²) in [7, 11) is 0. The van der Waals surface area contributed by atoms with E-state index in [-0.39, 0.29) is 17.7 Å². The van der Waals surface area contributed by atoms with Gasteiger partial charge in [0.05, 0.1) is 0 Å². The predicted octanol–water partition coefficient (Wildman–Crippen LogP) is 7.00. The Morgan fingerprint density at radius 3 is 2.00 bits per heavy atom. The molecule has 2 unspecified atom stereocenters. The van der Waals surface area contributed by atoms with Crippen LogP contribution in [0, 0.1) is 12.8 Å². The van der Waals surface area contributed by atoms with Crippen LogP contribution in [0.3, 0.4) is 0 Å². The van der Waals surface area contributed by atoms with Crippen LogP contribution in [0.4, 0.5) is 10.5 Å². The maximum Gasteiger partial charge on any atom is 0.408 e. The highest BCUT2D eigenvalue weighted by molar-refractivity contribution is 6.00. The van der Waals surface area contributed by atoms with E-state index in [4.69, 9.17) is 4.74 Å². The number of hydrogen-bond acceptors (Lipinski definition) is 4. The monoisotopic (exact) mass is 545 g/mol. The predicted molar refractivity (Wildman–Crippen MR) is 161 cm³/mol. The topological polar surface area (TPSA) is 87.7 Å². The summed E-state index contributed by atoms with van der Waals surface area (Å²) in [5, 5.41) is 7.90. The van der Waals surface area contributed by atoms with Gasteiger partial charge in [0, 0.05) is 11.2 Å². The molecular formula is C33H43N3O4. The van der Waals surface area contributed by atoms with Crippen LogP contribution < -0.4 is 10.6 Å². The largest absolute Gasteiger partial charge is 0.444 e. The molecule has 3 amide bonds. The van der Waals surface area contributed by atoms with Crippen molar-refractivity contribution in [1.82, 2.24) is 10.2 Å². The van der Waals surface area contributed by atoms with Crippen LogP contribution in [0.1, 0.15) is 72.6 Å². The van der Waals surface area contributed by atoms with Gasteiger partial charge in [-0.05, 0) is 88.4 Å². The molecule has 0 heterocycles.